The maximum absolute atomic E-state index is 13.5. The van der Waals surface area contributed by atoms with Crippen LogP contribution < -0.4 is 4.90 Å². The number of nitrogens with zero attached hydrogens (tertiary/aromatic N) is 1. The average molecular weight is 381 g/mol. The molecular weight excluding hydrogens is 363 g/mol. The topological polar surface area (TPSA) is 20.3 Å². The number of halogens is 3. The number of carbonyl (C=O) groups is 1. The van der Waals surface area contributed by atoms with Crippen molar-refractivity contribution in [3.8, 4) is 0 Å². The van der Waals surface area contributed by atoms with E-state index < -0.39 is 17.2 Å². The van der Waals surface area contributed by atoms with Gasteiger partial charge in [-0.3, -0.25) is 4.79 Å². The van der Waals surface area contributed by atoms with E-state index in [0.717, 1.165) is 28.9 Å². The summed E-state index contributed by atoms with van der Waals surface area (Å²) in [5, 5.41) is 0. The minimum atomic E-state index is -4.38. The molecule has 5 heteroatoms. The standard InChI is InChI=1S/C23H18F3NO/c1-27-20-10-6-5-9-19(20)22(21(27)28,17-7-3-2-4-8-17)15-16-11-13-18(14-12-16)23(24,25)26/h2-14H,15H2,1H3. The third kappa shape index (κ3) is 2.78. The number of carbonyl (C=O) groups excluding carboxylic acids is 1. The van der Waals surface area contributed by atoms with Crippen LogP contribution in [0.1, 0.15) is 22.3 Å². The van der Waals surface area contributed by atoms with Gasteiger partial charge in [-0.2, -0.15) is 13.2 Å². The predicted octanol–water partition coefficient (Wildman–Crippen LogP) is 5.21. The summed E-state index contributed by atoms with van der Waals surface area (Å²) in [7, 11) is 1.73. The molecule has 0 bridgehead atoms. The Morgan fingerprint density at radius 2 is 1.46 bits per heavy atom. The fourth-order valence-electron chi connectivity index (χ4n) is 4.03. The summed E-state index contributed by atoms with van der Waals surface area (Å²) in [5.41, 5.74) is 1.54. The van der Waals surface area contributed by atoms with Gasteiger partial charge in [0.2, 0.25) is 5.91 Å². The van der Waals surface area contributed by atoms with Gasteiger partial charge in [-0.15, -0.1) is 0 Å². The molecule has 1 aliphatic heterocycles. The van der Waals surface area contributed by atoms with Gasteiger partial charge in [0, 0.05) is 12.7 Å². The highest BCUT2D eigenvalue weighted by Crippen LogP contribution is 2.47. The van der Waals surface area contributed by atoms with Crippen LogP contribution in [0.4, 0.5) is 18.9 Å². The number of hydrogen-bond acceptors (Lipinski definition) is 1. The van der Waals surface area contributed by atoms with Crippen LogP contribution in [-0.4, -0.2) is 13.0 Å². The van der Waals surface area contributed by atoms with Crippen LogP contribution in [0.2, 0.25) is 0 Å². The van der Waals surface area contributed by atoms with Gasteiger partial charge in [-0.25, -0.2) is 0 Å². The number of alkyl halides is 3. The number of anilines is 1. The lowest BCUT2D eigenvalue weighted by Crippen LogP contribution is -2.41. The van der Waals surface area contributed by atoms with Crippen molar-refractivity contribution in [1.29, 1.82) is 0 Å². The fourth-order valence-corrected chi connectivity index (χ4v) is 4.03. The molecular formula is C23H18F3NO. The Kier molecular flexibility index (Phi) is 4.26. The Morgan fingerprint density at radius 1 is 0.857 bits per heavy atom. The molecule has 0 radical (unpaired) electrons. The molecule has 4 rings (SSSR count). The van der Waals surface area contributed by atoms with Gasteiger partial charge >= 0.3 is 6.18 Å². The lowest BCUT2D eigenvalue weighted by atomic mass is 9.71. The molecule has 1 aliphatic rings. The van der Waals surface area contributed by atoms with Crippen LogP contribution in [0, 0.1) is 0 Å². The first-order valence-corrected chi connectivity index (χ1v) is 8.93. The van der Waals surface area contributed by atoms with Crippen LogP contribution in [0.5, 0.6) is 0 Å². The zero-order valence-corrected chi connectivity index (χ0v) is 15.2. The third-order valence-electron chi connectivity index (χ3n) is 5.41. The molecule has 0 spiro atoms. The highest BCUT2D eigenvalue weighted by atomic mass is 19.4. The van der Waals surface area contributed by atoms with Crippen molar-refractivity contribution < 1.29 is 18.0 Å². The highest BCUT2D eigenvalue weighted by molar-refractivity contribution is 6.10. The smallest absolute Gasteiger partial charge is 0.314 e. The van der Waals surface area contributed by atoms with E-state index in [1.54, 1.807) is 11.9 Å². The van der Waals surface area contributed by atoms with Crippen LogP contribution in [0.3, 0.4) is 0 Å². The predicted molar refractivity (Wildman–Crippen MR) is 102 cm³/mol. The number of para-hydroxylation sites is 1. The van der Waals surface area contributed by atoms with Crippen molar-refractivity contribution in [2.45, 2.75) is 18.0 Å². The minimum absolute atomic E-state index is 0.0835. The number of amides is 1. The third-order valence-corrected chi connectivity index (χ3v) is 5.41. The Balaban J connectivity index is 1.86. The maximum Gasteiger partial charge on any atom is 0.416 e. The molecule has 2 nitrogen and oxygen atoms in total. The molecule has 0 aliphatic carbocycles. The average Bonchev–Trinajstić information content (AvgIpc) is 2.91. The van der Waals surface area contributed by atoms with E-state index in [1.165, 1.54) is 12.1 Å². The second-order valence-corrected chi connectivity index (χ2v) is 7.02. The molecule has 0 fully saturated rings. The summed E-state index contributed by atoms with van der Waals surface area (Å²) >= 11 is 0. The number of likely N-dealkylation sites (N-methyl/N-ethyl adjacent to an activating group) is 1. The van der Waals surface area contributed by atoms with Crippen molar-refractivity contribution in [3.63, 3.8) is 0 Å². The van der Waals surface area contributed by atoms with E-state index in [9.17, 15) is 18.0 Å². The molecule has 3 aromatic carbocycles. The van der Waals surface area contributed by atoms with Gasteiger partial charge in [0.1, 0.15) is 5.41 Å². The second-order valence-electron chi connectivity index (χ2n) is 7.02. The van der Waals surface area contributed by atoms with E-state index in [-0.39, 0.29) is 12.3 Å². The first kappa shape index (κ1) is 18.3. The molecule has 1 amide bonds. The van der Waals surface area contributed by atoms with E-state index in [4.69, 9.17) is 0 Å². The molecule has 28 heavy (non-hydrogen) atoms. The first-order chi connectivity index (χ1) is 13.3. The summed E-state index contributed by atoms with van der Waals surface area (Å²) in [4.78, 5) is 15.1. The van der Waals surface area contributed by atoms with Gasteiger partial charge in [-0.1, -0.05) is 60.7 Å². The monoisotopic (exact) mass is 381 g/mol. The number of rotatable bonds is 3. The summed E-state index contributed by atoms with van der Waals surface area (Å²) in [6.07, 6.45) is -4.10. The highest BCUT2D eigenvalue weighted by Gasteiger charge is 2.50. The van der Waals surface area contributed by atoms with Gasteiger partial charge in [0.05, 0.1) is 5.56 Å². The van der Waals surface area contributed by atoms with Crippen LogP contribution >= 0.6 is 0 Å². The molecule has 0 saturated heterocycles. The number of benzene rings is 3. The van der Waals surface area contributed by atoms with Gasteiger partial charge in [-0.05, 0) is 41.3 Å². The fraction of sp³-hybridized carbons (Fsp3) is 0.174. The van der Waals surface area contributed by atoms with Crippen LogP contribution in [-0.2, 0) is 22.8 Å². The molecule has 3 aromatic rings. The Morgan fingerprint density at radius 3 is 2.11 bits per heavy atom. The van der Waals surface area contributed by atoms with Gasteiger partial charge in [0.15, 0.2) is 0 Å². The zero-order chi connectivity index (χ0) is 19.9. The normalized spacial score (nSPS) is 19.0. The van der Waals surface area contributed by atoms with Crippen molar-refractivity contribution in [3.05, 3.63) is 101 Å². The molecule has 1 unspecified atom stereocenters. The maximum atomic E-state index is 13.5. The minimum Gasteiger partial charge on any atom is -0.314 e. The lowest BCUT2D eigenvalue weighted by Gasteiger charge is -2.29. The van der Waals surface area contributed by atoms with Crippen molar-refractivity contribution >= 4 is 11.6 Å². The number of hydrogen-bond donors (Lipinski definition) is 0. The van der Waals surface area contributed by atoms with Crippen LogP contribution in [0.15, 0.2) is 78.9 Å². The van der Waals surface area contributed by atoms with E-state index >= 15 is 0 Å². The van der Waals surface area contributed by atoms with Gasteiger partial charge in [0.25, 0.3) is 0 Å². The SMILES string of the molecule is CN1C(=O)C(Cc2ccc(C(F)(F)F)cc2)(c2ccccc2)c2ccccc21. The molecule has 1 heterocycles. The lowest BCUT2D eigenvalue weighted by molar-refractivity contribution is -0.137. The summed E-state index contributed by atoms with van der Waals surface area (Å²) in [6, 6.07) is 22.1. The first-order valence-electron chi connectivity index (χ1n) is 8.93. The molecule has 0 aromatic heterocycles. The number of fused-ring (bicyclic) bond motifs is 1. The quantitative estimate of drug-likeness (QED) is 0.610. The Labute approximate surface area is 161 Å². The summed E-state index contributed by atoms with van der Waals surface area (Å²) < 4.78 is 38.7. The molecule has 0 N–H and O–H groups in total. The largest absolute Gasteiger partial charge is 0.416 e. The second kappa shape index (κ2) is 6.51. The van der Waals surface area contributed by atoms with Crippen molar-refractivity contribution in [1.82, 2.24) is 0 Å². The summed E-state index contributed by atoms with van der Waals surface area (Å²) in [5.74, 6) is -0.0835. The summed E-state index contributed by atoms with van der Waals surface area (Å²) in [6.45, 7) is 0. The molecule has 142 valence electrons. The Hall–Kier alpha value is -3.08. The van der Waals surface area contributed by atoms with Crippen molar-refractivity contribution in [2.75, 3.05) is 11.9 Å². The van der Waals surface area contributed by atoms with Crippen LogP contribution in [0.25, 0.3) is 0 Å². The van der Waals surface area contributed by atoms with Crippen molar-refractivity contribution in [2.24, 2.45) is 0 Å². The molecule has 0 saturated carbocycles. The van der Waals surface area contributed by atoms with Gasteiger partial charge < -0.3 is 4.90 Å². The van der Waals surface area contributed by atoms with E-state index in [0.29, 0.717) is 5.56 Å². The molecule has 1 atom stereocenters. The van der Waals surface area contributed by atoms with E-state index in [2.05, 4.69) is 0 Å². The Bertz CT molecular complexity index is 1010. The van der Waals surface area contributed by atoms with E-state index in [1.807, 2.05) is 54.6 Å². The zero-order valence-electron chi connectivity index (χ0n) is 15.2.